The van der Waals surface area contributed by atoms with Crippen LogP contribution in [0, 0.1) is 6.92 Å². The highest BCUT2D eigenvalue weighted by Gasteiger charge is 2.19. The first kappa shape index (κ1) is 11.3. The third kappa shape index (κ3) is 1.89. The Bertz CT molecular complexity index is 492. The van der Waals surface area contributed by atoms with Gasteiger partial charge in [0.1, 0.15) is 6.33 Å². The van der Waals surface area contributed by atoms with Crippen LogP contribution in [0.25, 0.3) is 5.78 Å². The van der Waals surface area contributed by atoms with Crippen LogP contribution in [-0.2, 0) is 0 Å². The molecular weight excluding hydrogens is 224 g/mol. The molecule has 2 aromatic rings. The molecule has 2 unspecified atom stereocenters. The number of aromatic nitrogens is 4. The van der Waals surface area contributed by atoms with Gasteiger partial charge in [-0.15, -0.1) is 11.6 Å². The zero-order valence-electron chi connectivity index (χ0n) is 9.68. The highest BCUT2D eigenvalue weighted by Crippen LogP contribution is 2.26. The summed E-state index contributed by atoms with van der Waals surface area (Å²) >= 11 is 6.22. The molecular formula is C11H15ClN4. The highest BCUT2D eigenvalue weighted by molar-refractivity contribution is 6.20. The summed E-state index contributed by atoms with van der Waals surface area (Å²) in [4.78, 5) is 8.43. The Balaban J connectivity index is 2.61. The molecule has 5 heteroatoms. The first-order valence-electron chi connectivity index (χ1n) is 5.44. The first-order valence-corrected chi connectivity index (χ1v) is 5.88. The summed E-state index contributed by atoms with van der Waals surface area (Å²) in [7, 11) is 0. The predicted octanol–water partition coefficient (Wildman–Crippen LogP) is 2.55. The molecule has 16 heavy (non-hydrogen) atoms. The van der Waals surface area contributed by atoms with Gasteiger partial charge in [0.25, 0.3) is 5.78 Å². The number of hydrogen-bond acceptors (Lipinski definition) is 3. The molecule has 2 atom stereocenters. The Morgan fingerprint density at radius 1 is 1.50 bits per heavy atom. The van der Waals surface area contributed by atoms with E-state index in [1.54, 1.807) is 4.52 Å². The lowest BCUT2D eigenvalue weighted by Gasteiger charge is -2.18. The fraction of sp³-hybridized carbons (Fsp3) is 0.545. The Labute approximate surface area is 99.7 Å². The van der Waals surface area contributed by atoms with Crippen LogP contribution in [0.4, 0.5) is 0 Å². The van der Waals surface area contributed by atoms with E-state index in [1.165, 1.54) is 6.33 Å². The Morgan fingerprint density at radius 3 is 2.88 bits per heavy atom. The molecule has 0 fully saturated rings. The van der Waals surface area contributed by atoms with Crippen molar-refractivity contribution in [1.29, 1.82) is 0 Å². The zero-order chi connectivity index (χ0) is 11.7. The van der Waals surface area contributed by atoms with E-state index in [1.807, 2.05) is 19.9 Å². The molecule has 86 valence electrons. The second-order valence-corrected chi connectivity index (χ2v) is 4.67. The van der Waals surface area contributed by atoms with Gasteiger partial charge in [-0.3, -0.25) is 0 Å². The van der Waals surface area contributed by atoms with Gasteiger partial charge in [-0.25, -0.2) is 9.50 Å². The van der Waals surface area contributed by atoms with Gasteiger partial charge in [-0.05, 0) is 26.3 Å². The fourth-order valence-corrected chi connectivity index (χ4v) is 2.30. The average Bonchev–Trinajstić information content (AvgIpc) is 2.65. The van der Waals surface area contributed by atoms with E-state index in [-0.39, 0.29) is 11.3 Å². The van der Waals surface area contributed by atoms with Crippen molar-refractivity contribution in [3.63, 3.8) is 0 Å². The standard InChI is InChI=1S/C11H15ClN4/c1-4-9(8(3)12)10-5-7(2)15-11-13-6-14-16(10)11/h5-6,8-9H,4H2,1-3H3. The van der Waals surface area contributed by atoms with Crippen LogP contribution < -0.4 is 0 Å². The minimum atomic E-state index is 0.0687. The number of halogens is 1. The number of aryl methyl sites for hydroxylation is 1. The van der Waals surface area contributed by atoms with Gasteiger partial charge in [-0.2, -0.15) is 10.1 Å². The molecule has 0 aliphatic heterocycles. The second kappa shape index (κ2) is 4.37. The maximum Gasteiger partial charge on any atom is 0.252 e. The van der Waals surface area contributed by atoms with Gasteiger partial charge in [0, 0.05) is 17.0 Å². The number of fused-ring (bicyclic) bond motifs is 1. The van der Waals surface area contributed by atoms with E-state index in [0.29, 0.717) is 5.78 Å². The third-order valence-corrected chi connectivity index (χ3v) is 3.09. The molecule has 0 spiro atoms. The SMILES string of the molecule is CCC(c1cc(C)nc2ncnn12)C(C)Cl. The largest absolute Gasteiger partial charge is 0.252 e. The fourth-order valence-electron chi connectivity index (χ4n) is 1.99. The van der Waals surface area contributed by atoms with Crippen molar-refractivity contribution in [3.05, 3.63) is 23.8 Å². The highest BCUT2D eigenvalue weighted by atomic mass is 35.5. The molecule has 0 saturated heterocycles. The van der Waals surface area contributed by atoms with Gasteiger partial charge in [0.15, 0.2) is 0 Å². The molecule has 0 N–H and O–H groups in total. The normalized spacial score (nSPS) is 15.2. The number of nitrogens with zero attached hydrogens (tertiary/aromatic N) is 4. The predicted molar refractivity (Wildman–Crippen MR) is 63.9 cm³/mol. The number of alkyl halides is 1. The summed E-state index contributed by atoms with van der Waals surface area (Å²) in [5.74, 6) is 0.915. The van der Waals surface area contributed by atoms with Crippen LogP contribution in [0.15, 0.2) is 12.4 Å². The molecule has 4 nitrogen and oxygen atoms in total. The lowest BCUT2D eigenvalue weighted by Crippen LogP contribution is -2.14. The summed E-state index contributed by atoms with van der Waals surface area (Å²) in [6.07, 6.45) is 2.50. The van der Waals surface area contributed by atoms with Crippen molar-refractivity contribution in [2.24, 2.45) is 0 Å². The first-order chi connectivity index (χ1) is 7.63. The summed E-state index contributed by atoms with van der Waals surface area (Å²) in [6, 6.07) is 2.04. The van der Waals surface area contributed by atoms with Crippen molar-refractivity contribution in [2.45, 2.75) is 38.5 Å². The van der Waals surface area contributed by atoms with E-state index in [2.05, 4.69) is 22.0 Å². The molecule has 0 aliphatic carbocycles. The number of rotatable bonds is 3. The molecule has 0 aliphatic rings. The Morgan fingerprint density at radius 2 is 2.25 bits per heavy atom. The Hall–Kier alpha value is -1.16. The van der Waals surface area contributed by atoms with Crippen molar-refractivity contribution in [3.8, 4) is 0 Å². The van der Waals surface area contributed by atoms with E-state index in [4.69, 9.17) is 11.6 Å². The van der Waals surface area contributed by atoms with Crippen molar-refractivity contribution in [2.75, 3.05) is 0 Å². The maximum atomic E-state index is 6.22. The van der Waals surface area contributed by atoms with Crippen molar-refractivity contribution < 1.29 is 0 Å². The van der Waals surface area contributed by atoms with E-state index in [0.717, 1.165) is 17.8 Å². The van der Waals surface area contributed by atoms with Gasteiger partial charge < -0.3 is 0 Å². The topological polar surface area (TPSA) is 43.1 Å². The molecule has 0 radical (unpaired) electrons. The van der Waals surface area contributed by atoms with Crippen LogP contribution in [-0.4, -0.2) is 25.0 Å². The number of hydrogen-bond donors (Lipinski definition) is 0. The van der Waals surface area contributed by atoms with Gasteiger partial charge in [0.2, 0.25) is 0 Å². The Kier molecular flexibility index (Phi) is 3.10. The van der Waals surface area contributed by atoms with Crippen LogP contribution in [0.3, 0.4) is 0 Å². The van der Waals surface area contributed by atoms with Crippen LogP contribution >= 0.6 is 11.6 Å². The minimum absolute atomic E-state index is 0.0687. The quantitative estimate of drug-likeness (QED) is 0.772. The second-order valence-electron chi connectivity index (χ2n) is 3.99. The van der Waals surface area contributed by atoms with Gasteiger partial charge in [-0.1, -0.05) is 6.92 Å². The summed E-state index contributed by atoms with van der Waals surface area (Å²) in [5, 5.41) is 4.26. The van der Waals surface area contributed by atoms with Gasteiger partial charge in [0.05, 0.1) is 5.69 Å². The minimum Gasteiger partial charge on any atom is -0.216 e. The molecule has 0 saturated carbocycles. The molecule has 0 aromatic carbocycles. The van der Waals surface area contributed by atoms with Crippen LogP contribution in [0.5, 0.6) is 0 Å². The molecule has 2 heterocycles. The lowest BCUT2D eigenvalue weighted by atomic mass is 9.98. The molecule has 2 rings (SSSR count). The van der Waals surface area contributed by atoms with Gasteiger partial charge >= 0.3 is 0 Å². The molecule has 0 amide bonds. The lowest BCUT2D eigenvalue weighted by molar-refractivity contribution is 0.605. The third-order valence-electron chi connectivity index (χ3n) is 2.78. The van der Waals surface area contributed by atoms with E-state index in [9.17, 15) is 0 Å². The van der Waals surface area contributed by atoms with Crippen LogP contribution in [0.2, 0.25) is 0 Å². The molecule has 0 bridgehead atoms. The summed E-state index contributed by atoms with van der Waals surface area (Å²) in [5.41, 5.74) is 2.04. The molecule has 2 aromatic heterocycles. The maximum absolute atomic E-state index is 6.22. The average molecular weight is 239 g/mol. The zero-order valence-corrected chi connectivity index (χ0v) is 10.4. The van der Waals surface area contributed by atoms with Crippen molar-refractivity contribution >= 4 is 17.4 Å². The van der Waals surface area contributed by atoms with Crippen LogP contribution in [0.1, 0.15) is 37.6 Å². The van der Waals surface area contributed by atoms with E-state index >= 15 is 0 Å². The van der Waals surface area contributed by atoms with E-state index < -0.39 is 0 Å². The monoisotopic (exact) mass is 238 g/mol. The summed E-state index contributed by atoms with van der Waals surface area (Å²) < 4.78 is 1.78. The summed E-state index contributed by atoms with van der Waals surface area (Å²) in [6.45, 7) is 6.10. The smallest absolute Gasteiger partial charge is 0.216 e. The van der Waals surface area contributed by atoms with Crippen molar-refractivity contribution in [1.82, 2.24) is 19.6 Å².